The number of hydrogen-bond donors (Lipinski definition) is 4. The fourth-order valence-corrected chi connectivity index (χ4v) is 3.84. The molecule has 2 heterocycles. The molecule has 5 N–H and O–H groups in total. The first kappa shape index (κ1) is 21.5. The lowest BCUT2D eigenvalue weighted by molar-refractivity contribution is 0.0999. The van der Waals surface area contributed by atoms with Crippen molar-refractivity contribution >= 4 is 36.1 Å². The highest BCUT2D eigenvalue weighted by Crippen LogP contribution is 2.38. The minimum absolute atomic E-state index is 0.00632. The second kappa shape index (κ2) is 8.81. The standard InChI is InChI=1S/C21H23BN6O4/c1-12-9-16-15(18(23)29)7-4-8-17(16)28(12)20-25-19(26-21(27-20)32-2)24-11-13-5-3-6-14(10-13)22(30)31/h3-8,10,12,30-31H,9,11H2,1-2H3,(H2,23,29)(H,24,25,26,27). The zero-order chi connectivity index (χ0) is 22.8. The SMILES string of the molecule is COc1nc(NCc2cccc(B(O)O)c2)nc(N2c3cccc(C(N)=O)c3CC2C)n1. The number of carbonyl (C=O) groups excluding carboxylic acids is 1. The molecular formula is C21H23BN6O4. The van der Waals surface area contributed by atoms with Crippen molar-refractivity contribution in [2.24, 2.45) is 5.73 Å². The quantitative estimate of drug-likeness (QED) is 0.387. The Bertz CT molecular complexity index is 1160. The van der Waals surface area contributed by atoms with Crippen LogP contribution >= 0.6 is 0 Å². The van der Waals surface area contributed by atoms with E-state index in [1.54, 1.807) is 30.3 Å². The minimum Gasteiger partial charge on any atom is -0.467 e. The first-order valence-corrected chi connectivity index (χ1v) is 10.1. The highest BCUT2D eigenvalue weighted by atomic mass is 16.5. The fraction of sp³-hybridized carbons (Fsp3) is 0.238. The topological polar surface area (TPSA) is 147 Å². The number of hydrogen-bond acceptors (Lipinski definition) is 9. The molecule has 1 unspecified atom stereocenters. The molecule has 1 aliphatic rings. The Labute approximate surface area is 185 Å². The summed E-state index contributed by atoms with van der Waals surface area (Å²) in [7, 11) is -0.0671. The number of rotatable bonds is 7. The Balaban J connectivity index is 1.64. The predicted octanol–water partition coefficient (Wildman–Crippen LogP) is 0.354. The van der Waals surface area contributed by atoms with Crippen LogP contribution < -0.4 is 26.2 Å². The molecule has 0 saturated carbocycles. The van der Waals surface area contributed by atoms with Crippen molar-refractivity contribution in [2.75, 3.05) is 17.3 Å². The first-order valence-electron chi connectivity index (χ1n) is 10.1. The van der Waals surface area contributed by atoms with Crippen LogP contribution in [0.2, 0.25) is 0 Å². The Morgan fingerprint density at radius 3 is 2.75 bits per heavy atom. The van der Waals surface area contributed by atoms with E-state index in [4.69, 9.17) is 10.5 Å². The van der Waals surface area contributed by atoms with Gasteiger partial charge in [0, 0.05) is 23.8 Å². The third-order valence-electron chi connectivity index (χ3n) is 5.32. The maximum Gasteiger partial charge on any atom is 0.488 e. The molecule has 1 aromatic heterocycles. The molecule has 3 aromatic rings. The van der Waals surface area contributed by atoms with Crippen molar-refractivity contribution in [3.05, 3.63) is 59.2 Å². The molecule has 1 amide bonds. The van der Waals surface area contributed by atoms with Crippen LogP contribution in [0, 0.1) is 0 Å². The zero-order valence-corrected chi connectivity index (χ0v) is 17.7. The number of anilines is 3. The number of nitrogens with one attached hydrogen (secondary N) is 1. The number of nitrogens with two attached hydrogens (primary N) is 1. The van der Waals surface area contributed by atoms with Crippen LogP contribution in [0.4, 0.5) is 17.6 Å². The molecule has 0 radical (unpaired) electrons. The van der Waals surface area contributed by atoms with E-state index in [0.29, 0.717) is 35.9 Å². The van der Waals surface area contributed by atoms with E-state index in [1.165, 1.54) is 7.11 Å². The Morgan fingerprint density at radius 2 is 2.03 bits per heavy atom. The largest absolute Gasteiger partial charge is 0.488 e. The summed E-state index contributed by atoms with van der Waals surface area (Å²) in [5, 5.41) is 21.9. The predicted molar refractivity (Wildman–Crippen MR) is 120 cm³/mol. The summed E-state index contributed by atoms with van der Waals surface area (Å²) in [4.78, 5) is 27.0. The third kappa shape index (κ3) is 4.20. The molecule has 2 aromatic carbocycles. The number of benzene rings is 2. The van der Waals surface area contributed by atoms with Gasteiger partial charge in [-0.05, 0) is 42.1 Å². The number of methoxy groups -OCH3 is 1. The molecule has 0 spiro atoms. The fourth-order valence-electron chi connectivity index (χ4n) is 3.84. The van der Waals surface area contributed by atoms with Gasteiger partial charge in [-0.1, -0.05) is 30.3 Å². The average molecular weight is 434 g/mol. The molecule has 32 heavy (non-hydrogen) atoms. The molecule has 0 saturated heterocycles. The molecule has 1 aliphatic heterocycles. The summed E-state index contributed by atoms with van der Waals surface area (Å²) in [6.07, 6.45) is 0.626. The van der Waals surface area contributed by atoms with Gasteiger partial charge >= 0.3 is 13.1 Å². The van der Waals surface area contributed by atoms with E-state index in [2.05, 4.69) is 20.3 Å². The minimum atomic E-state index is -1.54. The number of nitrogens with zero attached hydrogens (tertiary/aromatic N) is 4. The van der Waals surface area contributed by atoms with Gasteiger partial charge in [0.1, 0.15) is 0 Å². The second-order valence-corrected chi connectivity index (χ2v) is 7.51. The lowest BCUT2D eigenvalue weighted by Crippen LogP contribution is -2.30. The first-order chi connectivity index (χ1) is 15.4. The van der Waals surface area contributed by atoms with Crippen molar-refractivity contribution in [2.45, 2.75) is 25.9 Å². The summed E-state index contributed by atoms with van der Waals surface area (Å²) in [5.41, 5.74) is 8.93. The van der Waals surface area contributed by atoms with Crippen LogP contribution in [-0.4, -0.2) is 51.2 Å². The van der Waals surface area contributed by atoms with E-state index in [-0.39, 0.29) is 12.1 Å². The number of fused-ring (bicyclic) bond motifs is 1. The number of carbonyl (C=O) groups is 1. The molecule has 1 atom stereocenters. The van der Waals surface area contributed by atoms with Gasteiger partial charge in [-0.25, -0.2) is 0 Å². The number of amides is 1. The average Bonchev–Trinajstić information content (AvgIpc) is 3.13. The van der Waals surface area contributed by atoms with Gasteiger partial charge in [0.25, 0.3) is 0 Å². The zero-order valence-electron chi connectivity index (χ0n) is 17.7. The maximum absolute atomic E-state index is 11.9. The Hall–Kier alpha value is -3.70. The van der Waals surface area contributed by atoms with Gasteiger partial charge in [-0.3, -0.25) is 4.79 Å². The molecule has 0 bridgehead atoms. The number of aromatic nitrogens is 3. The van der Waals surface area contributed by atoms with E-state index >= 15 is 0 Å². The molecule has 0 aliphatic carbocycles. The third-order valence-corrected chi connectivity index (χ3v) is 5.32. The van der Waals surface area contributed by atoms with E-state index in [0.717, 1.165) is 16.8 Å². The maximum atomic E-state index is 11.9. The second-order valence-electron chi connectivity index (χ2n) is 7.51. The van der Waals surface area contributed by atoms with Crippen LogP contribution in [0.3, 0.4) is 0 Å². The van der Waals surface area contributed by atoms with Crippen molar-refractivity contribution < 1.29 is 19.6 Å². The van der Waals surface area contributed by atoms with Crippen LogP contribution in [0.25, 0.3) is 0 Å². The molecular weight excluding hydrogens is 411 g/mol. The van der Waals surface area contributed by atoms with E-state index in [9.17, 15) is 14.8 Å². The monoisotopic (exact) mass is 434 g/mol. The van der Waals surface area contributed by atoms with Crippen LogP contribution in [-0.2, 0) is 13.0 Å². The van der Waals surface area contributed by atoms with Crippen LogP contribution in [0.15, 0.2) is 42.5 Å². The van der Waals surface area contributed by atoms with Crippen LogP contribution in [0.1, 0.15) is 28.4 Å². The lowest BCUT2D eigenvalue weighted by Gasteiger charge is -2.23. The van der Waals surface area contributed by atoms with Crippen LogP contribution in [0.5, 0.6) is 6.01 Å². The summed E-state index contributed by atoms with van der Waals surface area (Å²) < 4.78 is 5.27. The molecule has 164 valence electrons. The summed E-state index contributed by atoms with van der Waals surface area (Å²) in [6, 6.07) is 12.4. The summed E-state index contributed by atoms with van der Waals surface area (Å²) in [5.74, 6) is 0.210. The molecule has 10 nitrogen and oxygen atoms in total. The highest BCUT2D eigenvalue weighted by molar-refractivity contribution is 6.58. The lowest BCUT2D eigenvalue weighted by atomic mass is 9.80. The normalized spacial score (nSPS) is 14.8. The Kier molecular flexibility index (Phi) is 5.93. The smallest absolute Gasteiger partial charge is 0.467 e. The van der Waals surface area contributed by atoms with E-state index in [1.807, 2.05) is 24.0 Å². The number of primary amides is 1. The van der Waals surface area contributed by atoms with Gasteiger partial charge in [-0.15, -0.1) is 0 Å². The Morgan fingerprint density at radius 1 is 1.25 bits per heavy atom. The van der Waals surface area contributed by atoms with Gasteiger partial charge in [0.2, 0.25) is 17.8 Å². The molecule has 0 fully saturated rings. The van der Waals surface area contributed by atoms with Gasteiger partial charge in [-0.2, -0.15) is 15.0 Å². The van der Waals surface area contributed by atoms with Gasteiger partial charge < -0.3 is 30.7 Å². The van der Waals surface area contributed by atoms with Gasteiger partial charge in [0.15, 0.2) is 0 Å². The van der Waals surface area contributed by atoms with Crippen molar-refractivity contribution in [1.82, 2.24) is 15.0 Å². The van der Waals surface area contributed by atoms with E-state index < -0.39 is 13.0 Å². The summed E-state index contributed by atoms with van der Waals surface area (Å²) in [6.45, 7) is 2.37. The van der Waals surface area contributed by atoms with Crippen molar-refractivity contribution in [3.63, 3.8) is 0 Å². The van der Waals surface area contributed by atoms with Crippen molar-refractivity contribution in [3.8, 4) is 6.01 Å². The summed E-state index contributed by atoms with van der Waals surface area (Å²) >= 11 is 0. The highest BCUT2D eigenvalue weighted by Gasteiger charge is 2.32. The molecule has 4 rings (SSSR count). The number of ether oxygens (including phenoxy) is 1. The van der Waals surface area contributed by atoms with Crippen molar-refractivity contribution in [1.29, 1.82) is 0 Å². The molecule has 11 heteroatoms. The van der Waals surface area contributed by atoms with Gasteiger partial charge in [0.05, 0.1) is 7.11 Å².